The summed E-state index contributed by atoms with van der Waals surface area (Å²) in [4.78, 5) is 40.8. The predicted molar refractivity (Wildman–Crippen MR) is 129 cm³/mol. The van der Waals surface area contributed by atoms with Crippen LogP contribution in [0, 0.1) is 11.8 Å². The van der Waals surface area contributed by atoms with Gasteiger partial charge in [0.2, 0.25) is 17.7 Å². The van der Waals surface area contributed by atoms with E-state index in [-0.39, 0.29) is 36.0 Å². The molecule has 2 heterocycles. The largest absolute Gasteiger partial charge is 0.369 e. The highest BCUT2D eigenvalue weighted by atomic mass is 16.2. The second kappa shape index (κ2) is 10.2. The Labute approximate surface area is 194 Å². The quantitative estimate of drug-likeness (QED) is 0.681. The molecule has 2 fully saturated rings. The van der Waals surface area contributed by atoms with Crippen molar-refractivity contribution in [3.63, 3.8) is 0 Å². The summed E-state index contributed by atoms with van der Waals surface area (Å²) < 4.78 is 0. The molecule has 0 bridgehead atoms. The lowest BCUT2D eigenvalue weighted by Gasteiger charge is -2.30. The van der Waals surface area contributed by atoms with Crippen molar-refractivity contribution >= 4 is 29.1 Å². The molecule has 0 saturated carbocycles. The average molecular weight is 449 g/mol. The number of anilines is 2. The topological polar surface area (TPSA) is 95.7 Å². The Hall–Kier alpha value is -3.19. The van der Waals surface area contributed by atoms with E-state index in [1.54, 1.807) is 4.90 Å². The van der Waals surface area contributed by atoms with Gasteiger partial charge in [0.15, 0.2) is 0 Å². The van der Waals surface area contributed by atoms with Gasteiger partial charge in [-0.1, -0.05) is 31.2 Å². The normalized spacial score (nSPS) is 19.6. The Morgan fingerprint density at radius 2 is 1.76 bits per heavy atom. The minimum atomic E-state index is -0.375. The molecule has 2 aliphatic heterocycles. The third kappa shape index (κ3) is 5.60. The molecule has 3 amide bonds. The first kappa shape index (κ1) is 23.0. The van der Waals surface area contributed by atoms with E-state index in [4.69, 9.17) is 5.73 Å². The number of rotatable bonds is 7. The molecule has 4 rings (SSSR count). The van der Waals surface area contributed by atoms with E-state index < -0.39 is 0 Å². The maximum absolute atomic E-state index is 12.9. The number of nitrogens with one attached hydrogen (secondary N) is 1. The Morgan fingerprint density at radius 1 is 1.03 bits per heavy atom. The summed E-state index contributed by atoms with van der Waals surface area (Å²) >= 11 is 0. The lowest BCUT2D eigenvalue weighted by Crippen LogP contribution is -2.38. The van der Waals surface area contributed by atoms with Crippen molar-refractivity contribution in [3.8, 4) is 0 Å². The summed E-state index contributed by atoms with van der Waals surface area (Å²) in [6, 6.07) is 15.8. The van der Waals surface area contributed by atoms with Crippen LogP contribution in [0.4, 0.5) is 11.4 Å². The monoisotopic (exact) mass is 448 g/mol. The van der Waals surface area contributed by atoms with Crippen LogP contribution in [-0.4, -0.2) is 42.3 Å². The highest BCUT2D eigenvalue weighted by Crippen LogP contribution is 2.27. The minimum absolute atomic E-state index is 0.0208. The maximum Gasteiger partial charge on any atom is 0.229 e. The number of nitrogens with two attached hydrogens (primary N) is 1. The van der Waals surface area contributed by atoms with Crippen molar-refractivity contribution in [1.82, 2.24) is 4.90 Å². The smallest absolute Gasteiger partial charge is 0.229 e. The van der Waals surface area contributed by atoms with Gasteiger partial charge in [-0.15, -0.1) is 0 Å². The molecular formula is C26H32N4O3. The van der Waals surface area contributed by atoms with Crippen LogP contribution in [0.1, 0.15) is 37.3 Å². The summed E-state index contributed by atoms with van der Waals surface area (Å²) in [6.45, 7) is 4.92. The molecule has 0 aliphatic carbocycles. The summed E-state index contributed by atoms with van der Waals surface area (Å²) in [5, 5.41) is 3.00. The van der Waals surface area contributed by atoms with Crippen molar-refractivity contribution in [2.24, 2.45) is 17.6 Å². The van der Waals surface area contributed by atoms with Gasteiger partial charge in [0, 0.05) is 36.8 Å². The van der Waals surface area contributed by atoms with Gasteiger partial charge in [-0.2, -0.15) is 0 Å². The zero-order chi connectivity index (χ0) is 23.4. The van der Waals surface area contributed by atoms with E-state index in [2.05, 4.69) is 17.1 Å². The fraction of sp³-hybridized carbons (Fsp3) is 0.423. The van der Waals surface area contributed by atoms with Gasteiger partial charge < -0.3 is 16.0 Å². The lowest BCUT2D eigenvalue weighted by atomic mass is 9.96. The molecule has 2 aromatic rings. The summed E-state index contributed by atoms with van der Waals surface area (Å²) in [6.07, 6.45) is 2.75. The third-order valence-electron chi connectivity index (χ3n) is 6.74. The summed E-state index contributed by atoms with van der Waals surface area (Å²) in [7, 11) is 0. The van der Waals surface area contributed by atoms with Crippen molar-refractivity contribution in [2.75, 3.05) is 29.9 Å². The number of hydrogen-bond acceptors (Lipinski definition) is 4. The van der Waals surface area contributed by atoms with Crippen LogP contribution >= 0.6 is 0 Å². The molecule has 2 aromatic carbocycles. The molecule has 2 aliphatic rings. The second-order valence-corrected chi connectivity index (χ2v) is 9.07. The Morgan fingerprint density at radius 3 is 2.42 bits per heavy atom. The SMILES string of the molecule is CCc1ccc(N2CC(C(=O)Nc3cccc(CN4CCC(C(N)=O)CC4)c3)CC2=O)cc1. The zero-order valence-electron chi connectivity index (χ0n) is 19.1. The average Bonchev–Trinajstić information content (AvgIpc) is 3.21. The number of nitrogens with zero attached hydrogens (tertiary/aromatic N) is 2. The highest BCUT2D eigenvalue weighted by Gasteiger charge is 2.35. The standard InChI is InChI=1S/C26H32N4O3/c1-2-18-6-8-23(9-7-18)30-17-21(15-24(30)31)26(33)28-22-5-3-4-19(14-22)16-29-12-10-20(11-13-29)25(27)32/h3-9,14,20-21H,2,10-13,15-17H2,1H3,(H2,27,32)(H,28,33). The van der Waals surface area contributed by atoms with Crippen molar-refractivity contribution in [3.05, 3.63) is 59.7 Å². The fourth-order valence-electron chi connectivity index (χ4n) is 4.67. The van der Waals surface area contributed by atoms with Crippen LogP contribution in [0.25, 0.3) is 0 Å². The van der Waals surface area contributed by atoms with Crippen LogP contribution in [0.5, 0.6) is 0 Å². The first-order valence-electron chi connectivity index (χ1n) is 11.7. The minimum Gasteiger partial charge on any atom is -0.369 e. The van der Waals surface area contributed by atoms with Crippen LogP contribution in [0.2, 0.25) is 0 Å². The number of hydrogen-bond donors (Lipinski definition) is 2. The lowest BCUT2D eigenvalue weighted by molar-refractivity contribution is -0.123. The van der Waals surface area contributed by atoms with Gasteiger partial charge in [0.05, 0.1) is 5.92 Å². The highest BCUT2D eigenvalue weighted by molar-refractivity contribution is 6.03. The Bertz CT molecular complexity index is 1010. The van der Waals surface area contributed by atoms with E-state index in [0.717, 1.165) is 55.8 Å². The molecule has 1 atom stereocenters. The van der Waals surface area contributed by atoms with Crippen LogP contribution in [0.3, 0.4) is 0 Å². The molecule has 0 spiro atoms. The van der Waals surface area contributed by atoms with Crippen molar-refractivity contribution < 1.29 is 14.4 Å². The van der Waals surface area contributed by atoms with Gasteiger partial charge in [0.25, 0.3) is 0 Å². The number of carbonyl (C=O) groups excluding carboxylic acids is 3. The van der Waals surface area contributed by atoms with E-state index >= 15 is 0 Å². The fourth-order valence-corrected chi connectivity index (χ4v) is 4.67. The Kier molecular flexibility index (Phi) is 7.08. The van der Waals surface area contributed by atoms with Gasteiger partial charge in [-0.25, -0.2) is 0 Å². The number of carbonyl (C=O) groups is 3. The number of aryl methyl sites for hydroxylation is 1. The summed E-state index contributed by atoms with van der Waals surface area (Å²) in [5.74, 6) is -0.755. The first-order chi connectivity index (χ1) is 15.9. The van der Waals surface area contributed by atoms with Gasteiger partial charge in [0.1, 0.15) is 0 Å². The van der Waals surface area contributed by atoms with Gasteiger partial charge >= 0.3 is 0 Å². The van der Waals surface area contributed by atoms with E-state index in [0.29, 0.717) is 6.54 Å². The van der Waals surface area contributed by atoms with Gasteiger partial charge in [-0.3, -0.25) is 19.3 Å². The molecule has 0 radical (unpaired) electrons. The Balaban J connectivity index is 1.33. The third-order valence-corrected chi connectivity index (χ3v) is 6.74. The number of piperidine rings is 1. The van der Waals surface area contributed by atoms with E-state index in [1.165, 1.54) is 5.56 Å². The molecule has 0 aromatic heterocycles. The van der Waals surface area contributed by atoms with Crippen molar-refractivity contribution in [1.29, 1.82) is 0 Å². The number of primary amides is 1. The molecule has 33 heavy (non-hydrogen) atoms. The number of likely N-dealkylation sites (tertiary alicyclic amines) is 1. The van der Waals surface area contributed by atoms with E-state index in [1.807, 2.05) is 48.5 Å². The predicted octanol–water partition coefficient (Wildman–Crippen LogP) is 2.94. The van der Waals surface area contributed by atoms with Crippen LogP contribution in [0.15, 0.2) is 48.5 Å². The molecule has 7 nitrogen and oxygen atoms in total. The second-order valence-electron chi connectivity index (χ2n) is 9.07. The van der Waals surface area contributed by atoms with Gasteiger partial charge in [-0.05, 0) is 67.7 Å². The number of benzene rings is 2. The van der Waals surface area contributed by atoms with Crippen LogP contribution < -0.4 is 16.0 Å². The first-order valence-corrected chi connectivity index (χ1v) is 11.7. The molecule has 3 N–H and O–H groups in total. The van der Waals surface area contributed by atoms with Crippen molar-refractivity contribution in [2.45, 2.75) is 39.2 Å². The molecule has 174 valence electrons. The van der Waals surface area contributed by atoms with Crippen LogP contribution in [-0.2, 0) is 27.3 Å². The molecule has 7 heteroatoms. The maximum atomic E-state index is 12.9. The summed E-state index contributed by atoms with van der Waals surface area (Å²) in [5.41, 5.74) is 9.33. The number of amides is 3. The molecule has 1 unspecified atom stereocenters. The molecular weight excluding hydrogens is 416 g/mol. The zero-order valence-corrected chi connectivity index (χ0v) is 19.1. The molecule has 2 saturated heterocycles. The van der Waals surface area contributed by atoms with E-state index in [9.17, 15) is 14.4 Å².